The average Bonchev–Trinajstić information content (AvgIpc) is 3.96. The van der Waals surface area contributed by atoms with Crippen LogP contribution in [0.4, 0.5) is 11.6 Å². The van der Waals surface area contributed by atoms with Gasteiger partial charge in [0.25, 0.3) is 11.1 Å². The molecular formula is C47H43ClN12O2. The Kier molecular flexibility index (Phi) is 11.3. The van der Waals surface area contributed by atoms with Crippen molar-refractivity contribution in [3.63, 3.8) is 0 Å². The van der Waals surface area contributed by atoms with Gasteiger partial charge in [0.15, 0.2) is 22.9 Å². The fraction of sp³-hybridized carbons (Fsp3) is 0.149. The minimum Gasteiger partial charge on any atom is -0.360 e. The molecule has 0 aliphatic heterocycles. The molecule has 15 heteroatoms. The van der Waals surface area contributed by atoms with Crippen molar-refractivity contribution in [2.24, 2.45) is 0 Å². The maximum absolute atomic E-state index is 13.7. The zero-order valence-corrected chi connectivity index (χ0v) is 34.3. The van der Waals surface area contributed by atoms with Gasteiger partial charge in [-0.05, 0) is 92.1 Å². The van der Waals surface area contributed by atoms with Crippen molar-refractivity contribution in [2.45, 2.75) is 47.2 Å². The summed E-state index contributed by atoms with van der Waals surface area (Å²) in [6.07, 6.45) is 6.11. The van der Waals surface area contributed by atoms with Gasteiger partial charge in [0.1, 0.15) is 23.7 Å². The molecule has 0 bridgehead atoms. The van der Waals surface area contributed by atoms with E-state index in [0.29, 0.717) is 38.9 Å². The second kappa shape index (κ2) is 17.1. The molecule has 0 unspecified atom stereocenters. The smallest absolute Gasteiger partial charge is 0.264 e. The third-order valence-corrected chi connectivity index (χ3v) is 10.9. The lowest BCUT2D eigenvalue weighted by atomic mass is 10.0. The van der Waals surface area contributed by atoms with Crippen LogP contribution >= 0.6 is 11.6 Å². The molecular weight excluding hydrogens is 800 g/mol. The minimum atomic E-state index is -0.248. The largest absolute Gasteiger partial charge is 0.360 e. The number of aromatic amines is 2. The van der Waals surface area contributed by atoms with Gasteiger partial charge in [-0.2, -0.15) is 0 Å². The van der Waals surface area contributed by atoms with Crippen LogP contribution in [-0.4, -0.2) is 49.0 Å². The van der Waals surface area contributed by atoms with Gasteiger partial charge >= 0.3 is 0 Å². The summed E-state index contributed by atoms with van der Waals surface area (Å²) < 4.78 is 3.49. The van der Waals surface area contributed by atoms with Gasteiger partial charge in [-0.3, -0.25) is 18.7 Å². The Morgan fingerprint density at radius 1 is 0.581 bits per heavy atom. The highest BCUT2D eigenvalue weighted by molar-refractivity contribution is 6.35. The number of imidazole rings is 2. The molecule has 0 aliphatic rings. The molecule has 62 heavy (non-hydrogen) atoms. The van der Waals surface area contributed by atoms with E-state index >= 15 is 0 Å². The molecule has 310 valence electrons. The quantitative estimate of drug-likeness (QED) is 0.115. The zero-order chi connectivity index (χ0) is 42.2. The number of halogens is 1. The number of hydrogen-bond donors (Lipinski definition) is 4. The molecule has 10 rings (SSSR count). The highest BCUT2D eigenvalue weighted by Crippen LogP contribution is 2.29. The molecule has 10 aromatic rings. The first-order valence-corrected chi connectivity index (χ1v) is 20.0. The van der Waals surface area contributed by atoms with E-state index in [1.165, 1.54) is 12.7 Å². The number of aryl methyl sites for hydroxylation is 2. The second-order valence-electron chi connectivity index (χ2n) is 14.7. The number of nitrogens with one attached hydrogen (secondary N) is 4. The lowest BCUT2D eigenvalue weighted by molar-refractivity contribution is 0.773. The molecule has 0 amide bonds. The maximum atomic E-state index is 13.7. The van der Waals surface area contributed by atoms with E-state index < -0.39 is 0 Å². The summed E-state index contributed by atoms with van der Waals surface area (Å²) in [5.41, 5.74) is 7.71. The van der Waals surface area contributed by atoms with E-state index in [1.807, 2.05) is 119 Å². The number of nitrogens with zero attached hydrogens (tertiary/aromatic N) is 8. The molecule has 0 radical (unpaired) electrons. The molecule has 0 fully saturated rings. The number of rotatable bonds is 8. The van der Waals surface area contributed by atoms with Crippen LogP contribution in [0.2, 0.25) is 5.02 Å². The van der Waals surface area contributed by atoms with Gasteiger partial charge in [0, 0.05) is 22.8 Å². The van der Waals surface area contributed by atoms with Gasteiger partial charge in [0.2, 0.25) is 0 Å². The van der Waals surface area contributed by atoms with Crippen LogP contribution in [0.15, 0.2) is 138 Å². The monoisotopic (exact) mass is 842 g/mol. The molecule has 0 saturated carbocycles. The molecule has 6 aromatic heterocycles. The molecule has 14 nitrogen and oxygen atoms in total. The highest BCUT2D eigenvalue weighted by Gasteiger charge is 2.21. The Morgan fingerprint density at radius 3 is 1.69 bits per heavy atom. The Bertz CT molecular complexity index is 3360. The Morgan fingerprint density at radius 2 is 1.10 bits per heavy atom. The average molecular weight is 843 g/mol. The molecule has 4 aromatic carbocycles. The van der Waals surface area contributed by atoms with Crippen molar-refractivity contribution < 1.29 is 0 Å². The van der Waals surface area contributed by atoms with E-state index in [2.05, 4.69) is 56.6 Å². The number of anilines is 2. The van der Waals surface area contributed by atoms with Gasteiger partial charge in [-0.1, -0.05) is 79.7 Å². The summed E-state index contributed by atoms with van der Waals surface area (Å²) >= 11 is 6.38. The number of pyridine rings is 2. The van der Waals surface area contributed by atoms with Gasteiger partial charge in [0.05, 0.1) is 40.5 Å². The van der Waals surface area contributed by atoms with Crippen LogP contribution in [0.25, 0.3) is 55.2 Å². The Hall–Kier alpha value is -7.71. The third-order valence-electron chi connectivity index (χ3n) is 10.6. The summed E-state index contributed by atoms with van der Waals surface area (Å²) in [5, 5.41) is 10.2. The van der Waals surface area contributed by atoms with Crippen LogP contribution in [0.1, 0.15) is 55.9 Å². The number of aromatic nitrogens is 10. The second-order valence-corrected chi connectivity index (χ2v) is 15.1. The summed E-state index contributed by atoms with van der Waals surface area (Å²) in [7, 11) is 0. The zero-order valence-electron chi connectivity index (χ0n) is 33.6. The van der Waals surface area contributed by atoms with E-state index in [1.54, 1.807) is 27.9 Å². The topological polar surface area (TPSA) is 177 Å². The predicted octanol–water partition coefficient (Wildman–Crippen LogP) is 9.57. The van der Waals surface area contributed by atoms with Crippen molar-refractivity contribution in [1.29, 1.82) is 0 Å². The van der Waals surface area contributed by atoms with Gasteiger partial charge in [-0.15, -0.1) is 0 Å². The number of fused-ring (bicyclic) bond motifs is 4. The number of hydrogen-bond acceptors (Lipinski definition) is 10. The fourth-order valence-corrected chi connectivity index (χ4v) is 7.98. The Balaban J connectivity index is 0.000000168. The number of para-hydroxylation sites is 1. The first kappa shape index (κ1) is 41.0. The lowest BCUT2D eigenvalue weighted by Gasteiger charge is -2.22. The Labute approximate surface area is 360 Å². The molecule has 0 spiro atoms. The van der Waals surface area contributed by atoms with Gasteiger partial charge in [-0.25, -0.2) is 29.9 Å². The van der Waals surface area contributed by atoms with Crippen LogP contribution in [0.3, 0.4) is 0 Å². The van der Waals surface area contributed by atoms with E-state index in [0.717, 1.165) is 55.6 Å². The first-order chi connectivity index (χ1) is 29.7. The standard InChI is InChI=1S/C24H22N6O.C22H17ClN6O.CH4/c1-14-6-4-9-18(10-14)30-19(11-17-8-5-7-15(2)20(17)24(30)31)16(3)29-23-21-22(26-12-25-21)27-13-28-23;1-13(28-21-19-20(25-11-24-19)26-12-27-21)17-10-14-6-5-9-16(23)18(14)22(30)29(17)15-7-3-2-4-8-15;/h4-13,16H,1-3H3,(H2,25,26,27,28,29);2-13H,1H3,(H2,24,25,26,27,28);1H4/t16-;13-;/m00./s1. The lowest BCUT2D eigenvalue weighted by Crippen LogP contribution is -2.26. The number of benzene rings is 4. The highest BCUT2D eigenvalue weighted by atomic mass is 35.5. The molecule has 4 N–H and O–H groups in total. The maximum Gasteiger partial charge on any atom is 0.264 e. The molecule has 2 atom stereocenters. The van der Waals surface area contributed by atoms with E-state index in [9.17, 15) is 9.59 Å². The first-order valence-electron chi connectivity index (χ1n) is 19.6. The normalized spacial score (nSPS) is 12.1. The SMILES string of the molecule is C.C[C@H](Nc1ncnc2nc[nH]c12)c1cc2cccc(Cl)c2c(=O)n1-c1ccccc1.Cc1cccc(-n2c([C@H](C)Nc3ncnc4nc[nH]c34)cc3cccc(C)c3c2=O)c1. The van der Waals surface area contributed by atoms with Crippen molar-refractivity contribution >= 4 is 67.1 Å². The summed E-state index contributed by atoms with van der Waals surface area (Å²) in [6, 6.07) is 32.5. The van der Waals surface area contributed by atoms with E-state index in [-0.39, 0.29) is 30.6 Å². The van der Waals surface area contributed by atoms with Crippen LogP contribution in [0, 0.1) is 13.8 Å². The summed E-state index contributed by atoms with van der Waals surface area (Å²) in [6.45, 7) is 8.00. The summed E-state index contributed by atoms with van der Waals surface area (Å²) in [5.74, 6) is 1.26. The minimum absolute atomic E-state index is 0. The van der Waals surface area contributed by atoms with Crippen LogP contribution in [-0.2, 0) is 0 Å². The molecule has 0 aliphatic carbocycles. The van der Waals surface area contributed by atoms with Crippen LogP contribution in [0.5, 0.6) is 0 Å². The number of H-pyrrole nitrogens is 2. The van der Waals surface area contributed by atoms with Gasteiger partial charge < -0.3 is 20.6 Å². The van der Waals surface area contributed by atoms with Crippen molar-refractivity contribution in [3.05, 3.63) is 177 Å². The van der Waals surface area contributed by atoms with Crippen molar-refractivity contribution in [1.82, 2.24) is 49.0 Å². The molecule has 6 heterocycles. The third kappa shape index (κ3) is 7.63. The van der Waals surface area contributed by atoms with Crippen LogP contribution < -0.4 is 21.8 Å². The molecule has 0 saturated heterocycles. The summed E-state index contributed by atoms with van der Waals surface area (Å²) in [4.78, 5) is 58.8. The van der Waals surface area contributed by atoms with Crippen molar-refractivity contribution in [2.75, 3.05) is 10.6 Å². The van der Waals surface area contributed by atoms with Crippen molar-refractivity contribution in [3.8, 4) is 11.4 Å². The predicted molar refractivity (Wildman–Crippen MR) is 248 cm³/mol. The fourth-order valence-electron chi connectivity index (χ4n) is 7.72. The van der Waals surface area contributed by atoms with E-state index in [4.69, 9.17) is 11.6 Å².